The maximum Gasteiger partial charge on any atom is 0.270 e. The van der Waals surface area contributed by atoms with E-state index in [1.165, 1.54) is 0 Å². The highest BCUT2D eigenvalue weighted by Crippen LogP contribution is 2.22. The first-order valence-corrected chi connectivity index (χ1v) is 6.89. The average Bonchev–Trinajstić information content (AvgIpc) is 2.80. The molecule has 112 valence electrons. The molecule has 2 aromatic rings. The first-order valence-electron chi connectivity index (χ1n) is 6.89. The van der Waals surface area contributed by atoms with Gasteiger partial charge in [0, 0.05) is 24.0 Å². The number of hydrogen-bond donors (Lipinski definition) is 2. The van der Waals surface area contributed by atoms with Gasteiger partial charge in [0.2, 0.25) is 0 Å². The van der Waals surface area contributed by atoms with Gasteiger partial charge in [-0.05, 0) is 24.3 Å². The van der Waals surface area contributed by atoms with Crippen LogP contribution in [-0.2, 0) is 4.74 Å². The van der Waals surface area contributed by atoms with E-state index in [0.29, 0.717) is 18.8 Å². The van der Waals surface area contributed by atoms with Crippen LogP contribution in [-0.4, -0.2) is 60.4 Å². The molecule has 0 radical (unpaired) electrons. The van der Waals surface area contributed by atoms with Gasteiger partial charge in [0.15, 0.2) is 0 Å². The number of amides is 1. The zero-order valence-corrected chi connectivity index (χ0v) is 11.8. The molecule has 1 aliphatic heterocycles. The summed E-state index contributed by atoms with van der Waals surface area (Å²) in [5.41, 5.74) is 1.39. The number of hydrogen-bond acceptors (Lipinski definition) is 4. The Hall–Kier alpha value is -2.05. The Kier molecular flexibility index (Phi) is 3.81. The van der Waals surface area contributed by atoms with Gasteiger partial charge in [-0.15, -0.1) is 0 Å². The zero-order valence-electron chi connectivity index (χ0n) is 11.8. The maximum absolute atomic E-state index is 12.5. The van der Waals surface area contributed by atoms with Gasteiger partial charge in [-0.1, -0.05) is 0 Å². The monoisotopic (exact) mass is 290 g/mol. The molecule has 6 nitrogen and oxygen atoms in total. The van der Waals surface area contributed by atoms with E-state index in [1.807, 2.05) is 18.2 Å². The van der Waals surface area contributed by atoms with Crippen LogP contribution in [0, 0.1) is 0 Å². The molecule has 1 saturated heterocycles. The molecule has 1 fully saturated rings. The Balaban J connectivity index is 1.86. The van der Waals surface area contributed by atoms with Crippen LogP contribution in [0.5, 0.6) is 5.75 Å². The first kappa shape index (κ1) is 13.9. The minimum Gasteiger partial charge on any atom is -0.497 e. The van der Waals surface area contributed by atoms with Crippen LogP contribution in [0.15, 0.2) is 24.3 Å². The summed E-state index contributed by atoms with van der Waals surface area (Å²) in [5.74, 6) is 0.619. The number of rotatable bonds is 2. The lowest BCUT2D eigenvalue weighted by atomic mass is 10.2. The molecule has 1 aromatic heterocycles. The van der Waals surface area contributed by atoms with E-state index in [4.69, 9.17) is 9.47 Å². The number of aromatic nitrogens is 1. The summed E-state index contributed by atoms with van der Waals surface area (Å²) in [7, 11) is 1.61. The van der Waals surface area contributed by atoms with E-state index in [-0.39, 0.29) is 19.1 Å². The highest BCUT2D eigenvalue weighted by Gasteiger charge is 2.23. The van der Waals surface area contributed by atoms with Crippen molar-refractivity contribution in [2.75, 3.05) is 33.4 Å². The normalized spacial score (nSPS) is 19.5. The van der Waals surface area contributed by atoms with Crippen molar-refractivity contribution in [3.63, 3.8) is 0 Å². The third-order valence-electron chi connectivity index (χ3n) is 3.59. The zero-order chi connectivity index (χ0) is 14.8. The molecule has 0 spiro atoms. The largest absolute Gasteiger partial charge is 0.497 e. The summed E-state index contributed by atoms with van der Waals surface area (Å²) in [6.07, 6.45) is -0.638. The van der Waals surface area contributed by atoms with Crippen molar-refractivity contribution in [1.82, 2.24) is 9.88 Å². The molecule has 6 heteroatoms. The van der Waals surface area contributed by atoms with Gasteiger partial charge in [-0.3, -0.25) is 4.79 Å². The second kappa shape index (κ2) is 5.75. The lowest BCUT2D eigenvalue weighted by Gasteiger charge is -2.20. The number of benzene rings is 1. The molecule has 2 heterocycles. The Morgan fingerprint density at radius 2 is 2.33 bits per heavy atom. The number of carbonyl (C=O) groups is 1. The van der Waals surface area contributed by atoms with Crippen molar-refractivity contribution in [2.45, 2.75) is 6.10 Å². The number of fused-ring (bicyclic) bond motifs is 1. The van der Waals surface area contributed by atoms with E-state index in [9.17, 15) is 9.90 Å². The van der Waals surface area contributed by atoms with E-state index in [0.717, 1.165) is 16.7 Å². The molecular formula is C15H18N2O4. The number of nitrogens with one attached hydrogen (secondary N) is 1. The Labute approximate surface area is 122 Å². The molecule has 1 atom stereocenters. The van der Waals surface area contributed by atoms with Gasteiger partial charge in [-0.2, -0.15) is 0 Å². The fourth-order valence-corrected chi connectivity index (χ4v) is 2.50. The first-order chi connectivity index (χ1) is 10.2. The molecular weight excluding hydrogens is 272 g/mol. The van der Waals surface area contributed by atoms with Crippen molar-refractivity contribution in [1.29, 1.82) is 0 Å². The number of aliphatic hydroxyl groups excluding tert-OH is 1. The highest BCUT2D eigenvalue weighted by atomic mass is 16.5. The maximum atomic E-state index is 12.5. The molecule has 0 bridgehead atoms. The smallest absolute Gasteiger partial charge is 0.270 e. The predicted molar refractivity (Wildman–Crippen MR) is 77.6 cm³/mol. The molecule has 3 rings (SSSR count). The molecule has 0 saturated carbocycles. The van der Waals surface area contributed by atoms with Crippen LogP contribution in [0.1, 0.15) is 10.5 Å². The Bertz CT molecular complexity index is 652. The van der Waals surface area contributed by atoms with E-state index >= 15 is 0 Å². The fraction of sp³-hybridized carbons (Fsp3) is 0.400. The number of ether oxygens (including phenoxy) is 2. The van der Waals surface area contributed by atoms with Crippen LogP contribution in [0.25, 0.3) is 10.9 Å². The van der Waals surface area contributed by atoms with Gasteiger partial charge in [0.05, 0.1) is 26.4 Å². The van der Waals surface area contributed by atoms with Crippen molar-refractivity contribution in [3.8, 4) is 5.75 Å². The molecule has 21 heavy (non-hydrogen) atoms. The third kappa shape index (κ3) is 2.86. The van der Waals surface area contributed by atoms with Crippen LogP contribution in [0.2, 0.25) is 0 Å². The minimum absolute atomic E-state index is 0.130. The number of methoxy groups -OCH3 is 1. The highest BCUT2D eigenvalue weighted by molar-refractivity contribution is 5.98. The summed E-state index contributed by atoms with van der Waals surface area (Å²) in [5, 5.41) is 10.6. The second-order valence-electron chi connectivity index (χ2n) is 5.12. The van der Waals surface area contributed by atoms with Gasteiger partial charge < -0.3 is 24.5 Å². The predicted octanol–water partition coefficient (Wildman–Crippen LogP) is 1.01. The van der Waals surface area contributed by atoms with Crippen molar-refractivity contribution in [3.05, 3.63) is 30.0 Å². The van der Waals surface area contributed by atoms with E-state index in [1.54, 1.807) is 18.1 Å². The number of β-amino-alcohol motifs (C(OH)–C–C–N with tert-alkyl or cyclic N) is 1. The molecule has 0 unspecified atom stereocenters. The van der Waals surface area contributed by atoms with E-state index < -0.39 is 6.10 Å². The number of H-pyrrole nitrogens is 1. The fourth-order valence-electron chi connectivity index (χ4n) is 2.50. The van der Waals surface area contributed by atoms with Gasteiger partial charge >= 0.3 is 0 Å². The number of nitrogens with zero attached hydrogens (tertiary/aromatic N) is 1. The third-order valence-corrected chi connectivity index (χ3v) is 3.59. The van der Waals surface area contributed by atoms with E-state index in [2.05, 4.69) is 4.98 Å². The van der Waals surface area contributed by atoms with Crippen molar-refractivity contribution in [2.24, 2.45) is 0 Å². The summed E-state index contributed by atoms with van der Waals surface area (Å²) >= 11 is 0. The quantitative estimate of drug-likeness (QED) is 0.865. The second-order valence-corrected chi connectivity index (χ2v) is 5.12. The molecule has 1 amide bonds. The standard InChI is InChI=1S/C15H18N2O4/c1-20-12-2-3-13-10(6-12)7-14(16-13)15(19)17-4-5-21-9-11(18)8-17/h2-3,6-7,11,16,18H,4-5,8-9H2,1H3/t11-/m1/s1. The average molecular weight is 290 g/mol. The molecule has 2 N–H and O–H groups in total. The lowest BCUT2D eigenvalue weighted by Crippen LogP contribution is -2.37. The van der Waals surface area contributed by atoms with Crippen molar-refractivity contribution >= 4 is 16.8 Å². The Morgan fingerprint density at radius 1 is 1.48 bits per heavy atom. The summed E-state index contributed by atoms with van der Waals surface area (Å²) in [6.45, 7) is 1.48. The number of aromatic amines is 1. The van der Waals surface area contributed by atoms with Gasteiger partial charge in [-0.25, -0.2) is 0 Å². The van der Waals surface area contributed by atoms with Gasteiger partial charge in [0.1, 0.15) is 11.4 Å². The summed E-state index contributed by atoms with van der Waals surface area (Å²) in [6, 6.07) is 7.41. The van der Waals surface area contributed by atoms with Crippen molar-refractivity contribution < 1.29 is 19.4 Å². The van der Waals surface area contributed by atoms with Gasteiger partial charge in [0.25, 0.3) is 5.91 Å². The number of carbonyl (C=O) groups excluding carboxylic acids is 1. The molecule has 0 aliphatic carbocycles. The summed E-state index contributed by atoms with van der Waals surface area (Å²) in [4.78, 5) is 17.2. The lowest BCUT2D eigenvalue weighted by molar-refractivity contribution is 0.0533. The minimum atomic E-state index is -0.638. The topological polar surface area (TPSA) is 74.8 Å². The molecule has 1 aliphatic rings. The van der Waals surface area contributed by atoms with Crippen LogP contribution < -0.4 is 4.74 Å². The molecule has 1 aromatic carbocycles. The van der Waals surface area contributed by atoms with Crippen LogP contribution in [0.4, 0.5) is 0 Å². The van der Waals surface area contributed by atoms with Crippen LogP contribution >= 0.6 is 0 Å². The summed E-state index contributed by atoms with van der Waals surface area (Å²) < 4.78 is 10.4. The SMILES string of the molecule is COc1ccc2[nH]c(C(=O)N3CCOC[C@H](O)C3)cc2c1. The number of aliphatic hydroxyl groups is 1. The van der Waals surface area contributed by atoms with Crippen LogP contribution in [0.3, 0.4) is 0 Å². The Morgan fingerprint density at radius 3 is 3.14 bits per heavy atom.